The van der Waals surface area contributed by atoms with Crippen LogP contribution in [0.1, 0.15) is 12.2 Å². The van der Waals surface area contributed by atoms with Crippen LogP contribution in [-0.4, -0.2) is 39.6 Å². The fraction of sp³-hybridized carbons (Fsp3) is 0.625. The van der Waals surface area contributed by atoms with Gasteiger partial charge in [0.25, 0.3) is 5.92 Å². The van der Waals surface area contributed by atoms with Crippen LogP contribution in [0.25, 0.3) is 0 Å². The van der Waals surface area contributed by atoms with E-state index in [1.165, 1.54) is 0 Å². The first kappa shape index (κ1) is 16.6. The quantitative estimate of drug-likeness (QED) is 0.714. The van der Waals surface area contributed by atoms with Gasteiger partial charge in [0.1, 0.15) is 0 Å². The molecule has 2 rings (SSSR count). The lowest BCUT2D eigenvalue weighted by Gasteiger charge is -2.08. The van der Waals surface area contributed by atoms with Crippen LogP contribution in [0.2, 0.25) is 0 Å². The lowest BCUT2D eigenvalue weighted by Crippen LogP contribution is -2.35. The fourth-order valence-corrected chi connectivity index (χ4v) is 1.54. The lowest BCUT2D eigenvalue weighted by molar-refractivity contribution is -0.144. The standard InChI is InChI=1S/C8H8F5N5O.ClH/c9-7(10)1-3(14-2-7)4(19)15-6-16-5(17-18-6)8(11,12)13;/h3,14H,1-2H2,(H2,15,16,17,18,19);1H. The van der Waals surface area contributed by atoms with Crippen LogP contribution in [0.15, 0.2) is 0 Å². The van der Waals surface area contributed by atoms with Gasteiger partial charge in [-0.05, 0) is 0 Å². The first-order valence-corrected chi connectivity index (χ1v) is 5.09. The minimum absolute atomic E-state index is 0. The molecule has 1 aromatic heterocycles. The van der Waals surface area contributed by atoms with Gasteiger partial charge in [0.05, 0.1) is 12.6 Å². The molecule has 3 N–H and O–H groups in total. The topological polar surface area (TPSA) is 82.7 Å². The van der Waals surface area contributed by atoms with E-state index in [2.05, 4.69) is 15.4 Å². The number of hydrogen-bond acceptors (Lipinski definition) is 4. The molecule has 1 amide bonds. The van der Waals surface area contributed by atoms with Crippen LogP contribution in [0.5, 0.6) is 0 Å². The molecular formula is C8H9ClF5N5O. The van der Waals surface area contributed by atoms with Gasteiger partial charge in [-0.15, -0.1) is 17.5 Å². The van der Waals surface area contributed by atoms with Crippen molar-refractivity contribution < 1.29 is 26.7 Å². The number of carbonyl (C=O) groups is 1. The van der Waals surface area contributed by atoms with E-state index >= 15 is 0 Å². The van der Waals surface area contributed by atoms with Gasteiger partial charge in [-0.2, -0.15) is 18.2 Å². The number of rotatable bonds is 2. The average Bonchev–Trinajstić information content (AvgIpc) is 2.83. The monoisotopic (exact) mass is 321 g/mol. The molecule has 0 saturated carbocycles. The minimum Gasteiger partial charge on any atom is -0.300 e. The number of anilines is 1. The molecule has 114 valence electrons. The molecule has 20 heavy (non-hydrogen) atoms. The van der Waals surface area contributed by atoms with Crippen molar-refractivity contribution in [3.8, 4) is 0 Å². The zero-order chi connectivity index (χ0) is 14.3. The Hall–Kier alpha value is -1.49. The number of nitrogens with zero attached hydrogens (tertiary/aromatic N) is 2. The SMILES string of the molecule is Cl.O=C(Nc1n[nH]c(C(F)(F)F)n1)C1CC(F)(F)CN1. The van der Waals surface area contributed by atoms with Crippen LogP contribution in [0.3, 0.4) is 0 Å². The summed E-state index contributed by atoms with van der Waals surface area (Å²) in [4.78, 5) is 14.5. The van der Waals surface area contributed by atoms with Crippen LogP contribution < -0.4 is 10.6 Å². The molecule has 0 radical (unpaired) electrons. The number of carbonyl (C=O) groups excluding carboxylic acids is 1. The van der Waals surface area contributed by atoms with Crippen molar-refractivity contribution >= 4 is 24.3 Å². The van der Waals surface area contributed by atoms with Gasteiger partial charge in [0, 0.05) is 6.42 Å². The lowest BCUT2D eigenvalue weighted by atomic mass is 10.2. The van der Waals surface area contributed by atoms with Gasteiger partial charge in [0.15, 0.2) is 0 Å². The Labute approximate surface area is 114 Å². The first-order valence-electron chi connectivity index (χ1n) is 5.09. The zero-order valence-corrected chi connectivity index (χ0v) is 10.4. The highest BCUT2D eigenvalue weighted by Crippen LogP contribution is 2.27. The summed E-state index contributed by atoms with van der Waals surface area (Å²) in [6.07, 6.45) is -5.45. The van der Waals surface area contributed by atoms with Crippen LogP contribution in [0, 0.1) is 0 Å². The Morgan fingerprint density at radius 1 is 1.40 bits per heavy atom. The molecule has 0 aromatic carbocycles. The maximum absolute atomic E-state index is 12.8. The van der Waals surface area contributed by atoms with Crippen molar-refractivity contribution in [2.75, 3.05) is 11.9 Å². The molecule has 6 nitrogen and oxygen atoms in total. The molecule has 1 aliphatic rings. The largest absolute Gasteiger partial charge is 0.451 e. The zero-order valence-electron chi connectivity index (χ0n) is 9.59. The van der Waals surface area contributed by atoms with Gasteiger partial charge in [-0.1, -0.05) is 0 Å². The minimum atomic E-state index is -4.73. The van der Waals surface area contributed by atoms with Crippen molar-refractivity contribution in [2.45, 2.75) is 24.6 Å². The summed E-state index contributed by atoms with van der Waals surface area (Å²) in [6.45, 7) is -0.660. The van der Waals surface area contributed by atoms with E-state index in [4.69, 9.17) is 0 Å². The number of halogens is 6. The number of aromatic amines is 1. The van der Waals surface area contributed by atoms with Crippen molar-refractivity contribution in [2.24, 2.45) is 0 Å². The Kier molecular flexibility index (Phi) is 4.54. The molecule has 1 aromatic rings. The smallest absolute Gasteiger partial charge is 0.300 e. The van der Waals surface area contributed by atoms with E-state index in [0.717, 1.165) is 0 Å². The van der Waals surface area contributed by atoms with Crippen LogP contribution >= 0.6 is 12.4 Å². The third-order valence-electron chi connectivity index (χ3n) is 2.42. The summed E-state index contributed by atoms with van der Waals surface area (Å²) < 4.78 is 62.2. The van der Waals surface area contributed by atoms with Gasteiger partial charge in [-0.25, -0.2) is 8.78 Å². The van der Waals surface area contributed by atoms with E-state index in [1.807, 2.05) is 5.32 Å². The maximum atomic E-state index is 12.8. The number of nitrogens with one attached hydrogen (secondary N) is 3. The Balaban J connectivity index is 0.00000200. The molecule has 1 saturated heterocycles. The number of H-pyrrole nitrogens is 1. The Morgan fingerprint density at radius 3 is 2.50 bits per heavy atom. The summed E-state index contributed by atoms with van der Waals surface area (Å²) in [6, 6.07) is -1.19. The predicted octanol–water partition coefficient (Wildman–Crippen LogP) is 1.18. The van der Waals surface area contributed by atoms with Crippen LogP contribution in [-0.2, 0) is 11.0 Å². The Morgan fingerprint density at radius 2 is 2.05 bits per heavy atom. The second-order valence-corrected chi connectivity index (χ2v) is 3.99. The number of hydrogen-bond donors (Lipinski definition) is 3. The normalized spacial score (nSPS) is 21.4. The predicted molar refractivity (Wildman–Crippen MR) is 58.6 cm³/mol. The summed E-state index contributed by atoms with van der Waals surface area (Å²) in [5.74, 6) is -5.93. The molecule has 12 heteroatoms. The van der Waals surface area contributed by atoms with Gasteiger partial charge in [-0.3, -0.25) is 20.5 Å². The molecule has 0 spiro atoms. The van der Waals surface area contributed by atoms with Crippen molar-refractivity contribution in [1.82, 2.24) is 20.5 Å². The summed E-state index contributed by atoms with van der Waals surface area (Å²) in [5.41, 5.74) is 0. The molecule has 1 atom stereocenters. The van der Waals surface area contributed by atoms with Crippen molar-refractivity contribution in [3.63, 3.8) is 0 Å². The molecule has 0 bridgehead atoms. The number of aromatic nitrogens is 3. The van der Waals surface area contributed by atoms with Gasteiger partial charge < -0.3 is 0 Å². The molecule has 1 fully saturated rings. The second kappa shape index (κ2) is 5.48. The van der Waals surface area contributed by atoms with Gasteiger partial charge in [0.2, 0.25) is 17.7 Å². The van der Waals surface area contributed by atoms with E-state index in [-0.39, 0.29) is 12.4 Å². The third-order valence-corrected chi connectivity index (χ3v) is 2.42. The summed E-state index contributed by atoms with van der Waals surface area (Å²) >= 11 is 0. The highest BCUT2D eigenvalue weighted by Gasteiger charge is 2.42. The van der Waals surface area contributed by atoms with Gasteiger partial charge >= 0.3 is 6.18 Å². The number of amides is 1. The average molecular weight is 322 g/mol. The first-order chi connectivity index (χ1) is 8.67. The Bertz CT molecular complexity index is 490. The van der Waals surface area contributed by atoms with Crippen molar-refractivity contribution in [1.29, 1.82) is 0 Å². The van der Waals surface area contributed by atoms with Crippen LogP contribution in [0.4, 0.5) is 27.9 Å². The molecule has 1 aliphatic heterocycles. The number of alkyl halides is 5. The van der Waals surface area contributed by atoms with E-state index in [9.17, 15) is 26.7 Å². The van der Waals surface area contributed by atoms with Crippen molar-refractivity contribution in [3.05, 3.63) is 5.82 Å². The molecule has 2 heterocycles. The highest BCUT2D eigenvalue weighted by atomic mass is 35.5. The van der Waals surface area contributed by atoms with E-state index in [0.29, 0.717) is 0 Å². The van der Waals surface area contributed by atoms with E-state index < -0.39 is 48.8 Å². The second-order valence-electron chi connectivity index (χ2n) is 3.99. The highest BCUT2D eigenvalue weighted by molar-refractivity contribution is 5.93. The third kappa shape index (κ3) is 3.76. The fourth-order valence-electron chi connectivity index (χ4n) is 1.54. The molecule has 0 aliphatic carbocycles. The van der Waals surface area contributed by atoms with E-state index in [1.54, 1.807) is 5.10 Å². The molecule has 1 unspecified atom stereocenters. The molecular weight excluding hydrogens is 313 g/mol. The summed E-state index contributed by atoms with van der Waals surface area (Å²) in [5, 5.41) is 8.90. The summed E-state index contributed by atoms with van der Waals surface area (Å²) in [7, 11) is 0. The maximum Gasteiger partial charge on any atom is 0.451 e.